The highest BCUT2D eigenvalue weighted by atomic mass is 35.5. The molecule has 2 aliphatic heterocycles. The molecule has 0 radical (unpaired) electrons. The average Bonchev–Trinajstić information content (AvgIpc) is 2.74. The highest BCUT2D eigenvalue weighted by molar-refractivity contribution is 7.90. The molecule has 2 heterocycles. The van der Waals surface area contributed by atoms with Crippen LogP contribution in [0.2, 0.25) is 10.0 Å². The van der Waals surface area contributed by atoms with Gasteiger partial charge in [0.15, 0.2) is 6.10 Å². The van der Waals surface area contributed by atoms with Crippen LogP contribution in [-0.4, -0.2) is 63.5 Å². The number of piperidine rings is 1. The van der Waals surface area contributed by atoms with Crippen molar-refractivity contribution in [3.05, 3.63) is 27.7 Å². The molecule has 3 N–H and O–H groups in total. The smallest absolute Gasteiger partial charge is 0.253 e. The van der Waals surface area contributed by atoms with Crippen LogP contribution in [-0.2, 0) is 25.7 Å². The fourth-order valence-electron chi connectivity index (χ4n) is 3.81. The number of benzene rings is 1. The van der Waals surface area contributed by atoms with Gasteiger partial charge >= 0.3 is 0 Å². The summed E-state index contributed by atoms with van der Waals surface area (Å²) in [7, 11) is 0. The number of nitrogens with zero attached hydrogens (tertiary/aromatic N) is 1. The second-order valence-electron chi connectivity index (χ2n) is 9.07. The maximum absolute atomic E-state index is 12.9. The fraction of sp³-hybridized carbons (Fsp3) is 0.619. The number of amides is 2. The van der Waals surface area contributed by atoms with E-state index in [1.54, 1.807) is 11.0 Å². The van der Waals surface area contributed by atoms with Gasteiger partial charge in [0.05, 0.1) is 22.6 Å². The topological polar surface area (TPSA) is 114 Å². The number of morpholine rings is 1. The SMILES string of the molecule is CC(C)(C)[S+]([O-])NC(c1cc(Cl)c(Cl)cc1O)C1CCN(C(=O)[C@@H]2CNC(=O)CO2)CC1. The first-order valence-corrected chi connectivity index (χ1v) is 12.4. The monoisotopic (exact) mass is 505 g/mol. The fourth-order valence-corrected chi connectivity index (χ4v) is 5.05. The molecule has 0 saturated carbocycles. The van der Waals surface area contributed by atoms with Gasteiger partial charge < -0.3 is 24.6 Å². The van der Waals surface area contributed by atoms with Gasteiger partial charge in [0.2, 0.25) is 5.91 Å². The quantitative estimate of drug-likeness (QED) is 0.529. The number of phenolic OH excluding ortho intramolecular Hbond substituents is 1. The predicted molar refractivity (Wildman–Crippen MR) is 124 cm³/mol. The Kier molecular flexibility index (Phi) is 8.22. The highest BCUT2D eigenvalue weighted by Gasteiger charge is 2.38. The first kappa shape index (κ1) is 25.4. The molecular weight excluding hydrogens is 477 g/mol. The number of phenols is 1. The lowest BCUT2D eigenvalue weighted by molar-refractivity contribution is -0.151. The van der Waals surface area contributed by atoms with Gasteiger partial charge in [-0.15, -0.1) is 4.72 Å². The molecule has 2 aliphatic rings. The van der Waals surface area contributed by atoms with E-state index < -0.39 is 28.3 Å². The summed E-state index contributed by atoms with van der Waals surface area (Å²) in [5, 5.41) is 13.8. The Morgan fingerprint density at radius 3 is 2.50 bits per heavy atom. The Morgan fingerprint density at radius 1 is 1.31 bits per heavy atom. The molecular formula is C21H29Cl2N3O5S. The zero-order valence-corrected chi connectivity index (χ0v) is 20.6. The van der Waals surface area contributed by atoms with Gasteiger partial charge in [0.25, 0.3) is 5.91 Å². The van der Waals surface area contributed by atoms with Crippen LogP contribution < -0.4 is 10.0 Å². The lowest BCUT2D eigenvalue weighted by Gasteiger charge is -2.39. The summed E-state index contributed by atoms with van der Waals surface area (Å²) >= 11 is 10.9. The average molecular weight is 506 g/mol. The number of hydrogen-bond donors (Lipinski definition) is 3. The Labute approximate surface area is 201 Å². The Hall–Kier alpha value is -1.23. The first-order valence-electron chi connectivity index (χ1n) is 10.5. The molecule has 1 aromatic carbocycles. The number of likely N-dealkylation sites (tertiary alicyclic amines) is 1. The van der Waals surface area contributed by atoms with E-state index in [9.17, 15) is 19.2 Å². The van der Waals surface area contributed by atoms with Gasteiger partial charge in [-0.2, -0.15) is 0 Å². The number of carbonyl (C=O) groups is 2. The Balaban J connectivity index is 1.74. The zero-order valence-electron chi connectivity index (χ0n) is 18.3. The van der Waals surface area contributed by atoms with Crippen LogP contribution in [0.3, 0.4) is 0 Å². The van der Waals surface area contributed by atoms with Crippen molar-refractivity contribution in [1.82, 2.24) is 14.9 Å². The van der Waals surface area contributed by atoms with Crippen molar-refractivity contribution in [2.75, 3.05) is 26.2 Å². The van der Waals surface area contributed by atoms with Crippen LogP contribution in [0, 0.1) is 5.92 Å². The molecule has 8 nitrogen and oxygen atoms in total. The lowest BCUT2D eigenvalue weighted by atomic mass is 9.85. The van der Waals surface area contributed by atoms with Crippen molar-refractivity contribution in [2.24, 2.45) is 5.92 Å². The van der Waals surface area contributed by atoms with E-state index >= 15 is 0 Å². The molecule has 0 bridgehead atoms. The van der Waals surface area contributed by atoms with Crippen LogP contribution in [0.1, 0.15) is 45.2 Å². The van der Waals surface area contributed by atoms with Crippen molar-refractivity contribution in [3.8, 4) is 5.75 Å². The summed E-state index contributed by atoms with van der Waals surface area (Å²) in [4.78, 5) is 25.8. The van der Waals surface area contributed by atoms with E-state index in [-0.39, 0.29) is 41.7 Å². The summed E-state index contributed by atoms with van der Waals surface area (Å²) in [5.41, 5.74) is 0.528. The summed E-state index contributed by atoms with van der Waals surface area (Å²) in [5.74, 6) is -0.397. The first-order chi connectivity index (χ1) is 15.0. The maximum atomic E-state index is 12.9. The summed E-state index contributed by atoms with van der Waals surface area (Å²) in [6.45, 7) is 6.63. The summed E-state index contributed by atoms with van der Waals surface area (Å²) in [6.07, 6.45) is 0.582. The third-order valence-electron chi connectivity index (χ3n) is 5.69. The normalized spacial score (nSPS) is 22.4. The van der Waals surface area contributed by atoms with Gasteiger partial charge in [-0.3, -0.25) is 9.59 Å². The molecule has 0 spiro atoms. The molecule has 178 valence electrons. The van der Waals surface area contributed by atoms with E-state index in [0.29, 0.717) is 36.5 Å². The van der Waals surface area contributed by atoms with Gasteiger partial charge in [-0.05, 0) is 45.6 Å². The molecule has 0 aliphatic carbocycles. The summed E-state index contributed by atoms with van der Waals surface area (Å²) < 4.78 is 20.9. The molecule has 0 aromatic heterocycles. The van der Waals surface area contributed by atoms with Crippen LogP contribution in [0.25, 0.3) is 0 Å². The van der Waals surface area contributed by atoms with Crippen molar-refractivity contribution >= 4 is 46.4 Å². The van der Waals surface area contributed by atoms with Crippen LogP contribution >= 0.6 is 23.2 Å². The number of aromatic hydroxyl groups is 1. The van der Waals surface area contributed by atoms with E-state index in [2.05, 4.69) is 10.0 Å². The molecule has 3 rings (SSSR count). The van der Waals surface area contributed by atoms with Crippen LogP contribution in [0.15, 0.2) is 12.1 Å². The van der Waals surface area contributed by atoms with E-state index in [1.807, 2.05) is 20.8 Å². The highest BCUT2D eigenvalue weighted by Crippen LogP contribution is 2.40. The molecule has 2 unspecified atom stereocenters. The van der Waals surface area contributed by atoms with Crippen molar-refractivity contribution < 1.29 is 24.0 Å². The minimum atomic E-state index is -1.39. The van der Waals surface area contributed by atoms with Gasteiger partial charge in [-0.1, -0.05) is 23.2 Å². The number of nitrogens with one attached hydrogen (secondary N) is 2. The number of hydrogen-bond acceptors (Lipinski definition) is 6. The van der Waals surface area contributed by atoms with Gasteiger partial charge in [0, 0.05) is 36.1 Å². The number of rotatable bonds is 5. The lowest BCUT2D eigenvalue weighted by Crippen LogP contribution is -2.53. The third kappa shape index (κ3) is 6.01. The number of halogens is 2. The van der Waals surface area contributed by atoms with Crippen molar-refractivity contribution in [1.29, 1.82) is 0 Å². The minimum absolute atomic E-state index is 0.000434. The van der Waals surface area contributed by atoms with Crippen molar-refractivity contribution in [2.45, 2.75) is 50.5 Å². The van der Waals surface area contributed by atoms with Crippen LogP contribution in [0.5, 0.6) is 5.75 Å². The van der Waals surface area contributed by atoms with E-state index in [4.69, 9.17) is 27.9 Å². The molecule has 2 amide bonds. The third-order valence-corrected chi connectivity index (χ3v) is 8.00. The molecule has 3 atom stereocenters. The second-order valence-corrected chi connectivity index (χ2v) is 11.9. The Bertz CT molecular complexity index is 849. The number of carbonyl (C=O) groups excluding carboxylic acids is 2. The largest absolute Gasteiger partial charge is 0.598 e. The molecule has 32 heavy (non-hydrogen) atoms. The molecule has 11 heteroatoms. The maximum Gasteiger partial charge on any atom is 0.253 e. The standard InChI is InChI=1S/C21H29Cl2N3O5S/c1-21(2,3)32(30)25-19(13-8-14(22)15(23)9-16(13)27)12-4-6-26(7-5-12)20(29)17-10-24-18(28)11-31-17/h8-9,12,17,19,25,27H,4-7,10-11H2,1-3H3,(H,24,28)/t17-,19?,32?/m0/s1. The number of ether oxygens (including phenoxy) is 1. The molecule has 1 aromatic rings. The predicted octanol–water partition coefficient (Wildman–Crippen LogP) is 2.55. The van der Waals surface area contributed by atoms with E-state index in [0.717, 1.165) is 0 Å². The van der Waals surface area contributed by atoms with E-state index in [1.165, 1.54) is 6.07 Å². The molecule has 2 saturated heterocycles. The summed E-state index contributed by atoms with van der Waals surface area (Å²) in [6, 6.07) is 2.56. The molecule has 2 fully saturated rings. The zero-order chi connectivity index (χ0) is 23.6. The second kappa shape index (κ2) is 10.4. The Morgan fingerprint density at radius 2 is 1.94 bits per heavy atom. The van der Waals surface area contributed by atoms with Gasteiger partial charge in [0.1, 0.15) is 17.1 Å². The van der Waals surface area contributed by atoms with Gasteiger partial charge in [-0.25, -0.2) is 0 Å². The minimum Gasteiger partial charge on any atom is -0.598 e. The van der Waals surface area contributed by atoms with Crippen molar-refractivity contribution in [3.63, 3.8) is 0 Å². The van der Waals surface area contributed by atoms with Crippen LogP contribution in [0.4, 0.5) is 0 Å².